The van der Waals surface area contributed by atoms with E-state index in [1.165, 1.54) is 6.42 Å². The first kappa shape index (κ1) is 20.5. The predicted octanol–water partition coefficient (Wildman–Crippen LogP) is 1.69. The fourth-order valence-corrected chi connectivity index (χ4v) is 3.21. The van der Waals surface area contributed by atoms with Crippen molar-refractivity contribution in [1.29, 1.82) is 0 Å². The molecule has 0 aromatic rings. The molecule has 7 heteroatoms. The van der Waals surface area contributed by atoms with Gasteiger partial charge >= 0.3 is 0 Å². The summed E-state index contributed by atoms with van der Waals surface area (Å²) in [6, 6.07) is 0. The van der Waals surface area contributed by atoms with Gasteiger partial charge in [0.05, 0.1) is 12.6 Å². The molecule has 0 radical (unpaired) electrons. The zero-order valence-corrected chi connectivity index (χ0v) is 16.8. The highest BCUT2D eigenvalue weighted by atomic mass is 127. The van der Waals surface area contributed by atoms with Crippen molar-refractivity contribution >= 4 is 35.8 Å². The van der Waals surface area contributed by atoms with Crippen LogP contribution in [0.15, 0.2) is 4.99 Å². The van der Waals surface area contributed by atoms with E-state index in [0.717, 1.165) is 64.4 Å². The molecule has 2 aliphatic heterocycles. The Bertz CT molecular complexity index is 378. The molecule has 0 bridgehead atoms. The molecule has 6 nitrogen and oxygen atoms in total. The monoisotopic (exact) mass is 438 g/mol. The Hall–Kier alpha value is -0.570. The van der Waals surface area contributed by atoms with Crippen LogP contribution >= 0.6 is 24.0 Å². The lowest BCUT2D eigenvalue weighted by atomic mass is 10.1. The molecular formula is C16H31IN4O2. The molecule has 2 heterocycles. The van der Waals surface area contributed by atoms with E-state index in [9.17, 15) is 4.79 Å². The molecule has 23 heavy (non-hydrogen) atoms. The van der Waals surface area contributed by atoms with E-state index in [2.05, 4.69) is 15.2 Å². The average Bonchev–Trinajstić information content (AvgIpc) is 2.57. The highest BCUT2D eigenvalue weighted by Crippen LogP contribution is 2.13. The van der Waals surface area contributed by atoms with Gasteiger partial charge in [0.2, 0.25) is 5.91 Å². The molecule has 2 fully saturated rings. The number of likely N-dealkylation sites (tertiary alicyclic amines) is 2. The largest absolute Gasteiger partial charge is 0.378 e. The maximum atomic E-state index is 12.2. The molecule has 2 rings (SSSR count). The molecule has 134 valence electrons. The van der Waals surface area contributed by atoms with Crippen LogP contribution in [-0.4, -0.2) is 74.1 Å². The number of halogens is 1. The number of hydrogen-bond acceptors (Lipinski definition) is 3. The number of hydrogen-bond donors (Lipinski definition) is 1. The molecule has 2 aliphatic rings. The van der Waals surface area contributed by atoms with Crippen LogP contribution in [0.2, 0.25) is 0 Å². The number of guanidine groups is 1. The summed E-state index contributed by atoms with van der Waals surface area (Å²) in [5.74, 6) is 1.02. The average molecular weight is 438 g/mol. The second kappa shape index (κ2) is 11.1. The highest BCUT2D eigenvalue weighted by molar-refractivity contribution is 14.0. The third-order valence-electron chi connectivity index (χ3n) is 4.46. The van der Waals surface area contributed by atoms with Crippen LogP contribution in [0.25, 0.3) is 0 Å². The van der Waals surface area contributed by atoms with E-state index >= 15 is 0 Å². The smallest absolute Gasteiger partial charge is 0.241 e. The Morgan fingerprint density at radius 1 is 1.13 bits per heavy atom. The second-order valence-electron chi connectivity index (χ2n) is 5.98. The van der Waals surface area contributed by atoms with Crippen LogP contribution in [-0.2, 0) is 9.53 Å². The van der Waals surface area contributed by atoms with Gasteiger partial charge in [0, 0.05) is 39.8 Å². The Labute approximate surface area is 157 Å². The summed E-state index contributed by atoms with van der Waals surface area (Å²) in [6.45, 7) is 6.83. The molecular weight excluding hydrogens is 407 g/mol. The van der Waals surface area contributed by atoms with Gasteiger partial charge in [0.1, 0.15) is 0 Å². The number of rotatable bonds is 4. The first-order valence-corrected chi connectivity index (χ1v) is 8.59. The third-order valence-corrected chi connectivity index (χ3v) is 4.46. The standard InChI is InChI=1S/C16H30N4O2.HI/c1-3-22-14-7-11-20(12-8-14)16(17-2)18-13-15(21)19-9-5-4-6-10-19;/h14H,3-13H2,1-2H3,(H,17,18);1H. The maximum absolute atomic E-state index is 12.2. The van der Waals surface area contributed by atoms with Gasteiger partial charge in [-0.3, -0.25) is 9.79 Å². The van der Waals surface area contributed by atoms with Gasteiger partial charge in [0.25, 0.3) is 0 Å². The van der Waals surface area contributed by atoms with Crippen molar-refractivity contribution in [3.05, 3.63) is 0 Å². The lowest BCUT2D eigenvalue weighted by Gasteiger charge is -2.34. The minimum Gasteiger partial charge on any atom is -0.378 e. The fraction of sp³-hybridized carbons (Fsp3) is 0.875. The van der Waals surface area contributed by atoms with E-state index < -0.39 is 0 Å². The molecule has 0 saturated carbocycles. The number of piperidine rings is 2. The molecule has 0 aromatic heterocycles. The fourth-order valence-electron chi connectivity index (χ4n) is 3.21. The summed E-state index contributed by atoms with van der Waals surface area (Å²) in [7, 11) is 1.78. The zero-order valence-electron chi connectivity index (χ0n) is 14.4. The summed E-state index contributed by atoms with van der Waals surface area (Å²) < 4.78 is 5.67. The van der Waals surface area contributed by atoms with E-state index in [1.807, 2.05) is 11.8 Å². The SMILES string of the molecule is CCOC1CCN(C(=NC)NCC(=O)N2CCCCC2)CC1.I. The van der Waals surface area contributed by atoms with E-state index in [1.54, 1.807) is 7.05 Å². The van der Waals surface area contributed by atoms with Gasteiger partial charge in [-0.2, -0.15) is 0 Å². The Morgan fingerprint density at radius 3 is 2.35 bits per heavy atom. The van der Waals surface area contributed by atoms with Gasteiger partial charge in [-0.15, -0.1) is 24.0 Å². The maximum Gasteiger partial charge on any atom is 0.241 e. The van der Waals surface area contributed by atoms with Crippen molar-refractivity contribution in [3.8, 4) is 0 Å². The first-order chi connectivity index (χ1) is 10.7. The number of carbonyl (C=O) groups is 1. The quantitative estimate of drug-likeness (QED) is 0.413. The van der Waals surface area contributed by atoms with Crippen molar-refractivity contribution in [2.75, 3.05) is 46.4 Å². The van der Waals surface area contributed by atoms with E-state index in [0.29, 0.717) is 12.6 Å². The molecule has 0 atom stereocenters. The summed E-state index contributed by atoms with van der Waals surface area (Å²) in [4.78, 5) is 20.7. The van der Waals surface area contributed by atoms with Gasteiger partial charge < -0.3 is 19.9 Å². The Balaban J connectivity index is 0.00000264. The first-order valence-electron chi connectivity index (χ1n) is 8.59. The van der Waals surface area contributed by atoms with Crippen molar-refractivity contribution < 1.29 is 9.53 Å². The van der Waals surface area contributed by atoms with E-state index in [-0.39, 0.29) is 29.9 Å². The predicted molar refractivity (Wildman–Crippen MR) is 103 cm³/mol. The topological polar surface area (TPSA) is 57.2 Å². The minimum atomic E-state index is 0. The molecule has 0 spiro atoms. The van der Waals surface area contributed by atoms with Crippen LogP contribution in [0.5, 0.6) is 0 Å². The summed E-state index contributed by atoms with van der Waals surface area (Å²) in [5.41, 5.74) is 0. The number of nitrogens with one attached hydrogen (secondary N) is 1. The lowest BCUT2D eigenvalue weighted by molar-refractivity contribution is -0.130. The van der Waals surface area contributed by atoms with Crippen molar-refractivity contribution in [1.82, 2.24) is 15.1 Å². The van der Waals surface area contributed by atoms with Gasteiger partial charge in [0.15, 0.2) is 5.96 Å². The van der Waals surface area contributed by atoms with E-state index in [4.69, 9.17) is 4.74 Å². The molecule has 2 saturated heterocycles. The summed E-state index contributed by atoms with van der Waals surface area (Å²) in [6.07, 6.45) is 5.92. The third kappa shape index (κ3) is 6.45. The van der Waals surface area contributed by atoms with Crippen LogP contribution < -0.4 is 5.32 Å². The van der Waals surface area contributed by atoms with Crippen LogP contribution in [0, 0.1) is 0 Å². The van der Waals surface area contributed by atoms with Gasteiger partial charge in [-0.05, 0) is 39.0 Å². The molecule has 1 amide bonds. The van der Waals surface area contributed by atoms with Crippen molar-refractivity contribution in [2.24, 2.45) is 4.99 Å². The van der Waals surface area contributed by atoms with Gasteiger partial charge in [-0.25, -0.2) is 0 Å². The second-order valence-corrected chi connectivity index (χ2v) is 5.98. The summed E-state index contributed by atoms with van der Waals surface area (Å²) >= 11 is 0. The minimum absolute atomic E-state index is 0. The number of carbonyl (C=O) groups excluding carboxylic acids is 1. The molecule has 0 unspecified atom stereocenters. The molecule has 0 aliphatic carbocycles. The normalized spacial score (nSPS) is 20.2. The number of aliphatic imine (C=N–C) groups is 1. The number of nitrogens with zero attached hydrogens (tertiary/aromatic N) is 3. The van der Waals surface area contributed by atoms with Crippen LogP contribution in [0.3, 0.4) is 0 Å². The van der Waals surface area contributed by atoms with Crippen molar-refractivity contribution in [3.63, 3.8) is 0 Å². The number of ether oxygens (including phenoxy) is 1. The highest BCUT2D eigenvalue weighted by Gasteiger charge is 2.22. The molecule has 0 aromatic carbocycles. The van der Waals surface area contributed by atoms with Crippen LogP contribution in [0.4, 0.5) is 0 Å². The van der Waals surface area contributed by atoms with Crippen molar-refractivity contribution in [2.45, 2.75) is 45.1 Å². The number of amides is 1. The lowest BCUT2D eigenvalue weighted by Crippen LogP contribution is -2.50. The summed E-state index contributed by atoms with van der Waals surface area (Å²) in [5, 5.41) is 3.23. The Kier molecular flexibility index (Phi) is 9.85. The van der Waals surface area contributed by atoms with Crippen LogP contribution in [0.1, 0.15) is 39.0 Å². The van der Waals surface area contributed by atoms with Gasteiger partial charge in [-0.1, -0.05) is 0 Å². The Morgan fingerprint density at radius 2 is 1.78 bits per heavy atom. The molecule has 1 N–H and O–H groups in total. The zero-order chi connectivity index (χ0) is 15.8.